The third-order valence-electron chi connectivity index (χ3n) is 2.18. The number of hydrogen-bond acceptors (Lipinski definition) is 2. The van der Waals surface area contributed by atoms with Gasteiger partial charge in [-0.25, -0.2) is 0 Å². The molecule has 0 unspecified atom stereocenters. The second kappa shape index (κ2) is 5.47. The molecule has 0 aliphatic heterocycles. The van der Waals surface area contributed by atoms with E-state index >= 15 is 0 Å². The van der Waals surface area contributed by atoms with Crippen LogP contribution in [0.25, 0.3) is 0 Å². The zero-order valence-electron chi connectivity index (χ0n) is 8.69. The molecule has 0 saturated carbocycles. The van der Waals surface area contributed by atoms with Crippen LogP contribution in [0.4, 0.5) is 0 Å². The number of amides is 1. The Kier molecular flexibility index (Phi) is 4.26. The Morgan fingerprint density at radius 3 is 3.00 bits per heavy atom. The Bertz CT molecular complexity index is 374. The Labute approximate surface area is 95.6 Å². The lowest BCUT2D eigenvalue weighted by molar-refractivity contribution is -0.127. The topological polar surface area (TPSA) is 20.3 Å². The fraction of sp³-hybridized carbons (Fsp3) is 0.333. The summed E-state index contributed by atoms with van der Waals surface area (Å²) in [6.45, 7) is 2.36. The van der Waals surface area contributed by atoms with E-state index < -0.39 is 0 Å². The van der Waals surface area contributed by atoms with Crippen molar-refractivity contribution >= 4 is 23.0 Å². The summed E-state index contributed by atoms with van der Waals surface area (Å²) in [5.74, 6) is 2.45. The van der Waals surface area contributed by atoms with E-state index in [4.69, 9.17) is 18.6 Å². The molecule has 0 fully saturated rings. The van der Waals surface area contributed by atoms with E-state index in [9.17, 15) is 4.79 Å². The standard InChI is InChI=1S/C12H13NOS/c1-3-8-13(10(2)14)9-11-6-4-5-7-12(11)15/h1,4-6H,7-9H2,2H3. The van der Waals surface area contributed by atoms with Gasteiger partial charge in [-0.1, -0.05) is 36.4 Å². The smallest absolute Gasteiger partial charge is 0.220 e. The molecule has 0 bridgehead atoms. The summed E-state index contributed by atoms with van der Waals surface area (Å²) in [6, 6.07) is 0. The number of terminal acetylenes is 1. The lowest BCUT2D eigenvalue weighted by atomic mass is 10.0. The number of allylic oxidation sites excluding steroid dienone is 3. The van der Waals surface area contributed by atoms with Crippen LogP contribution in [0.5, 0.6) is 0 Å². The van der Waals surface area contributed by atoms with Gasteiger partial charge in [0.25, 0.3) is 0 Å². The van der Waals surface area contributed by atoms with E-state index in [1.54, 1.807) is 4.90 Å². The number of thiocarbonyl (C=S) groups is 1. The number of carbonyl (C=O) groups is 1. The molecular weight excluding hydrogens is 206 g/mol. The fourth-order valence-electron chi connectivity index (χ4n) is 1.32. The maximum absolute atomic E-state index is 11.3. The Morgan fingerprint density at radius 1 is 1.73 bits per heavy atom. The van der Waals surface area contributed by atoms with Crippen LogP contribution in [0.2, 0.25) is 0 Å². The van der Waals surface area contributed by atoms with Crippen molar-refractivity contribution < 1.29 is 4.79 Å². The van der Waals surface area contributed by atoms with E-state index in [1.165, 1.54) is 6.92 Å². The monoisotopic (exact) mass is 219 g/mol. The minimum Gasteiger partial charge on any atom is -0.327 e. The third kappa shape index (κ3) is 3.34. The molecule has 1 aliphatic rings. The highest BCUT2D eigenvalue weighted by Crippen LogP contribution is 2.11. The van der Waals surface area contributed by atoms with Gasteiger partial charge in [0.05, 0.1) is 6.54 Å². The predicted molar refractivity (Wildman–Crippen MR) is 65.5 cm³/mol. The van der Waals surface area contributed by atoms with Crippen molar-refractivity contribution in [3.8, 4) is 12.3 Å². The normalized spacial score (nSPS) is 14.4. The SMILES string of the molecule is C#CCN(CC1=CC=CCC1=S)C(C)=O. The van der Waals surface area contributed by atoms with Gasteiger partial charge >= 0.3 is 0 Å². The lowest BCUT2D eigenvalue weighted by Gasteiger charge is -2.21. The van der Waals surface area contributed by atoms with E-state index in [2.05, 4.69) is 5.92 Å². The summed E-state index contributed by atoms with van der Waals surface area (Å²) in [6.07, 6.45) is 11.9. The highest BCUT2D eigenvalue weighted by atomic mass is 32.1. The van der Waals surface area contributed by atoms with Crippen molar-refractivity contribution in [3.63, 3.8) is 0 Å². The predicted octanol–water partition coefficient (Wildman–Crippen LogP) is 1.72. The Morgan fingerprint density at radius 2 is 2.47 bits per heavy atom. The summed E-state index contributed by atoms with van der Waals surface area (Å²) in [7, 11) is 0. The zero-order chi connectivity index (χ0) is 11.3. The Balaban J connectivity index is 2.70. The van der Waals surface area contributed by atoms with Crippen LogP contribution in [0, 0.1) is 12.3 Å². The van der Waals surface area contributed by atoms with Gasteiger partial charge in [0.2, 0.25) is 5.91 Å². The summed E-state index contributed by atoms with van der Waals surface area (Å²) in [5.41, 5.74) is 1.01. The van der Waals surface area contributed by atoms with Crippen molar-refractivity contribution in [2.45, 2.75) is 13.3 Å². The second-order valence-electron chi connectivity index (χ2n) is 3.33. The molecule has 0 aromatic carbocycles. The highest BCUT2D eigenvalue weighted by molar-refractivity contribution is 7.80. The van der Waals surface area contributed by atoms with Crippen LogP contribution in [-0.2, 0) is 4.79 Å². The molecule has 1 amide bonds. The van der Waals surface area contributed by atoms with Gasteiger partial charge in [0, 0.05) is 24.8 Å². The molecule has 1 aliphatic carbocycles. The average molecular weight is 219 g/mol. The second-order valence-corrected chi connectivity index (χ2v) is 3.82. The zero-order valence-corrected chi connectivity index (χ0v) is 9.51. The maximum atomic E-state index is 11.3. The van der Waals surface area contributed by atoms with Crippen molar-refractivity contribution in [1.82, 2.24) is 4.90 Å². The molecule has 78 valence electrons. The van der Waals surface area contributed by atoms with Crippen LogP contribution in [-0.4, -0.2) is 28.8 Å². The number of rotatable bonds is 3. The highest BCUT2D eigenvalue weighted by Gasteiger charge is 2.13. The molecule has 1 rings (SSSR count). The van der Waals surface area contributed by atoms with Gasteiger partial charge in [-0.05, 0) is 5.57 Å². The van der Waals surface area contributed by atoms with Gasteiger partial charge in [-0.2, -0.15) is 0 Å². The molecule has 0 N–H and O–H groups in total. The third-order valence-corrected chi connectivity index (χ3v) is 2.61. The van der Waals surface area contributed by atoms with Gasteiger partial charge in [-0.3, -0.25) is 4.79 Å². The lowest BCUT2D eigenvalue weighted by Crippen LogP contribution is -2.32. The van der Waals surface area contributed by atoms with Crippen LogP contribution >= 0.6 is 12.2 Å². The molecule has 0 spiro atoms. The first-order valence-corrected chi connectivity index (χ1v) is 5.14. The molecule has 0 heterocycles. The van der Waals surface area contributed by atoms with E-state index in [0.29, 0.717) is 13.1 Å². The van der Waals surface area contributed by atoms with Crippen LogP contribution in [0.1, 0.15) is 13.3 Å². The van der Waals surface area contributed by atoms with E-state index in [0.717, 1.165) is 16.9 Å². The molecule has 0 saturated heterocycles. The van der Waals surface area contributed by atoms with Crippen LogP contribution in [0.3, 0.4) is 0 Å². The molecular formula is C12H13NOS. The largest absolute Gasteiger partial charge is 0.327 e. The molecule has 0 aromatic rings. The molecule has 0 radical (unpaired) electrons. The molecule has 3 heteroatoms. The number of hydrogen-bond donors (Lipinski definition) is 0. The van der Waals surface area contributed by atoms with Crippen LogP contribution < -0.4 is 0 Å². The van der Waals surface area contributed by atoms with Gasteiger partial charge in [0.15, 0.2) is 0 Å². The Hall–Kier alpha value is -1.40. The fourth-order valence-corrected chi connectivity index (χ4v) is 1.55. The van der Waals surface area contributed by atoms with Crippen LogP contribution in [0.15, 0.2) is 23.8 Å². The summed E-state index contributed by atoms with van der Waals surface area (Å²) < 4.78 is 0. The molecule has 2 nitrogen and oxygen atoms in total. The number of carbonyl (C=O) groups excluding carboxylic acids is 1. The first-order valence-electron chi connectivity index (χ1n) is 4.73. The van der Waals surface area contributed by atoms with Gasteiger partial charge in [0.1, 0.15) is 0 Å². The van der Waals surface area contributed by atoms with Gasteiger partial charge in [-0.15, -0.1) is 6.42 Å². The van der Waals surface area contributed by atoms with E-state index in [1.807, 2.05) is 18.2 Å². The molecule has 15 heavy (non-hydrogen) atoms. The quantitative estimate of drug-likeness (QED) is 0.532. The summed E-state index contributed by atoms with van der Waals surface area (Å²) in [4.78, 5) is 13.8. The number of nitrogens with zero attached hydrogens (tertiary/aromatic N) is 1. The minimum absolute atomic E-state index is 0.0220. The minimum atomic E-state index is -0.0220. The molecule has 0 aromatic heterocycles. The van der Waals surface area contributed by atoms with Gasteiger partial charge < -0.3 is 4.90 Å². The van der Waals surface area contributed by atoms with E-state index in [-0.39, 0.29) is 5.91 Å². The van der Waals surface area contributed by atoms with Crippen molar-refractivity contribution in [1.29, 1.82) is 0 Å². The first kappa shape index (κ1) is 11.7. The van der Waals surface area contributed by atoms with Crippen molar-refractivity contribution in [2.24, 2.45) is 0 Å². The molecule has 0 atom stereocenters. The summed E-state index contributed by atoms with van der Waals surface area (Å²) in [5, 5.41) is 0. The summed E-state index contributed by atoms with van der Waals surface area (Å²) >= 11 is 5.21. The maximum Gasteiger partial charge on any atom is 0.220 e. The average Bonchev–Trinajstić information content (AvgIpc) is 2.20. The van der Waals surface area contributed by atoms with Crippen molar-refractivity contribution in [2.75, 3.05) is 13.1 Å². The first-order chi connectivity index (χ1) is 7.15. The van der Waals surface area contributed by atoms with Crippen molar-refractivity contribution in [3.05, 3.63) is 23.8 Å².